The molecule has 57 heavy (non-hydrogen) atoms. The number of imidazole rings is 2. The molecule has 5 N–H and O–H groups in total. The standard InChI is InChI=1S/C42H54N8O7/c1-26(2)35(49-41(54)56-5)38(52)50-21-9-20-42(50,3)39-44-25-34(47-39)30-17-13-28(14-18-30)27-11-15-29(16-12-27)33-24-43-36(45-33)31-19-23-57-22-8-6-7-10-32(37(51)46-31)48-40(53)55-4/h11-18,24-26,31-32,35H,6-10,19-23H2,1-5H3,(H,43,45)(H,44,47)(H,46,51)(H,48,53)(H,49,54)/t31-,32-,35-,42-/m0/s1. The van der Waals surface area contributed by atoms with Gasteiger partial charge in [-0.2, -0.15) is 0 Å². The van der Waals surface area contributed by atoms with Crippen molar-refractivity contribution in [1.82, 2.24) is 40.8 Å². The smallest absolute Gasteiger partial charge is 0.407 e. The van der Waals surface area contributed by atoms with E-state index in [4.69, 9.17) is 19.2 Å². The second-order valence-electron chi connectivity index (χ2n) is 15.2. The van der Waals surface area contributed by atoms with E-state index in [1.54, 1.807) is 12.4 Å². The first-order chi connectivity index (χ1) is 27.5. The van der Waals surface area contributed by atoms with Crippen LogP contribution in [0.3, 0.4) is 0 Å². The number of carbonyl (C=O) groups excluding carboxylic acids is 4. The van der Waals surface area contributed by atoms with Crippen LogP contribution in [-0.4, -0.2) is 94.9 Å². The summed E-state index contributed by atoms with van der Waals surface area (Å²) >= 11 is 0. The Morgan fingerprint density at radius 2 is 1.46 bits per heavy atom. The lowest BCUT2D eigenvalue weighted by Gasteiger charge is -2.37. The number of rotatable bonds is 9. The number of H-pyrrole nitrogens is 2. The fraction of sp³-hybridized carbons (Fsp3) is 0.476. The quantitative estimate of drug-likeness (QED) is 0.131. The number of carbonyl (C=O) groups is 4. The van der Waals surface area contributed by atoms with Crippen molar-refractivity contribution in [1.29, 1.82) is 0 Å². The van der Waals surface area contributed by atoms with Crippen molar-refractivity contribution in [3.05, 3.63) is 72.6 Å². The topological polar surface area (TPSA) is 193 Å². The van der Waals surface area contributed by atoms with Gasteiger partial charge in [-0.05, 0) is 67.2 Å². The summed E-state index contributed by atoms with van der Waals surface area (Å²) in [6.07, 6.45) is 7.42. The van der Waals surface area contributed by atoms with Gasteiger partial charge >= 0.3 is 12.2 Å². The monoisotopic (exact) mass is 782 g/mol. The van der Waals surface area contributed by atoms with Gasteiger partial charge in [0.15, 0.2) is 0 Å². The van der Waals surface area contributed by atoms with Crippen LogP contribution in [0.4, 0.5) is 9.59 Å². The van der Waals surface area contributed by atoms with Crippen LogP contribution in [0.5, 0.6) is 0 Å². The number of hydrogen-bond acceptors (Lipinski definition) is 9. The molecule has 4 aromatic rings. The molecule has 4 heterocycles. The third-order valence-electron chi connectivity index (χ3n) is 11.0. The highest BCUT2D eigenvalue weighted by atomic mass is 16.5. The van der Waals surface area contributed by atoms with Gasteiger partial charge in [-0.15, -0.1) is 0 Å². The van der Waals surface area contributed by atoms with Crippen molar-refractivity contribution in [2.45, 2.75) is 89.4 Å². The summed E-state index contributed by atoms with van der Waals surface area (Å²) in [7, 11) is 2.57. The Kier molecular flexibility index (Phi) is 13.3. The summed E-state index contributed by atoms with van der Waals surface area (Å²) in [4.78, 5) is 69.1. The lowest BCUT2D eigenvalue weighted by atomic mass is 9.95. The molecule has 6 rings (SSSR count). The summed E-state index contributed by atoms with van der Waals surface area (Å²) in [6, 6.07) is 14.5. The fourth-order valence-corrected chi connectivity index (χ4v) is 7.57. The molecule has 0 aliphatic carbocycles. The van der Waals surface area contributed by atoms with Crippen LogP contribution in [0, 0.1) is 5.92 Å². The number of alkyl carbamates (subject to hydrolysis) is 2. The fourth-order valence-electron chi connectivity index (χ4n) is 7.57. The average Bonchev–Trinajstić information content (AvgIpc) is 4.00. The van der Waals surface area contributed by atoms with Crippen LogP contribution in [0.25, 0.3) is 33.6 Å². The number of methoxy groups -OCH3 is 2. The van der Waals surface area contributed by atoms with Gasteiger partial charge in [0.1, 0.15) is 23.7 Å². The minimum absolute atomic E-state index is 0.123. The molecule has 0 unspecified atom stereocenters. The minimum Gasteiger partial charge on any atom is -0.453 e. The third-order valence-corrected chi connectivity index (χ3v) is 11.0. The number of hydrogen-bond donors (Lipinski definition) is 5. The van der Waals surface area contributed by atoms with E-state index in [1.165, 1.54) is 14.2 Å². The summed E-state index contributed by atoms with van der Waals surface area (Å²) in [5, 5.41) is 8.44. The van der Waals surface area contributed by atoms with E-state index in [9.17, 15) is 19.2 Å². The zero-order valence-corrected chi connectivity index (χ0v) is 33.4. The van der Waals surface area contributed by atoms with Gasteiger partial charge in [-0.25, -0.2) is 19.6 Å². The Morgan fingerprint density at radius 3 is 2.11 bits per heavy atom. The zero-order valence-electron chi connectivity index (χ0n) is 33.4. The summed E-state index contributed by atoms with van der Waals surface area (Å²) < 4.78 is 15.4. The van der Waals surface area contributed by atoms with E-state index in [0.29, 0.717) is 44.2 Å². The molecule has 2 aliphatic rings. The highest BCUT2D eigenvalue weighted by Crippen LogP contribution is 2.39. The number of benzene rings is 2. The Morgan fingerprint density at radius 1 is 0.825 bits per heavy atom. The summed E-state index contributed by atoms with van der Waals surface area (Å²) in [5.74, 6) is 0.736. The number of amides is 4. The van der Waals surface area contributed by atoms with Gasteiger partial charge < -0.3 is 45.0 Å². The number of likely N-dealkylation sites (tertiary alicyclic amines) is 1. The Labute approximate surface area is 333 Å². The molecule has 15 nitrogen and oxygen atoms in total. The molecule has 2 aromatic carbocycles. The number of ether oxygens (including phenoxy) is 3. The van der Waals surface area contributed by atoms with Crippen molar-refractivity contribution in [3.63, 3.8) is 0 Å². The van der Waals surface area contributed by atoms with Gasteiger partial charge in [0, 0.05) is 19.8 Å². The summed E-state index contributed by atoms with van der Waals surface area (Å²) in [5.41, 5.74) is 4.98. The molecule has 0 radical (unpaired) electrons. The predicted molar refractivity (Wildman–Crippen MR) is 214 cm³/mol. The van der Waals surface area contributed by atoms with Crippen molar-refractivity contribution in [2.24, 2.45) is 5.92 Å². The van der Waals surface area contributed by atoms with E-state index in [2.05, 4.69) is 55.2 Å². The Balaban J connectivity index is 1.12. The molecule has 2 aromatic heterocycles. The maximum atomic E-state index is 13.7. The minimum atomic E-state index is -0.713. The van der Waals surface area contributed by atoms with Crippen LogP contribution >= 0.6 is 0 Å². The lowest BCUT2D eigenvalue weighted by molar-refractivity contribution is -0.138. The maximum absolute atomic E-state index is 13.7. The molecule has 2 aliphatic heterocycles. The van der Waals surface area contributed by atoms with Crippen LogP contribution in [0.15, 0.2) is 60.9 Å². The van der Waals surface area contributed by atoms with E-state index in [-0.39, 0.29) is 17.7 Å². The van der Waals surface area contributed by atoms with Gasteiger partial charge in [0.05, 0.1) is 49.6 Å². The van der Waals surface area contributed by atoms with E-state index in [1.807, 2.05) is 49.9 Å². The number of nitrogens with zero attached hydrogens (tertiary/aromatic N) is 3. The van der Waals surface area contributed by atoms with Crippen molar-refractivity contribution in [3.8, 4) is 33.6 Å². The zero-order chi connectivity index (χ0) is 40.5. The van der Waals surface area contributed by atoms with Crippen molar-refractivity contribution >= 4 is 24.0 Å². The van der Waals surface area contributed by atoms with Gasteiger partial charge in [0.25, 0.3) is 0 Å². The van der Waals surface area contributed by atoms with E-state index < -0.39 is 35.9 Å². The van der Waals surface area contributed by atoms with Gasteiger partial charge in [-0.1, -0.05) is 75.2 Å². The molecule has 0 saturated carbocycles. The molecule has 15 heteroatoms. The molecular weight excluding hydrogens is 729 g/mol. The molecule has 0 spiro atoms. The predicted octanol–water partition coefficient (Wildman–Crippen LogP) is 6.21. The second-order valence-corrected chi connectivity index (χ2v) is 15.2. The van der Waals surface area contributed by atoms with Crippen LogP contribution in [0.2, 0.25) is 0 Å². The second kappa shape index (κ2) is 18.5. The molecule has 304 valence electrons. The molecule has 2 fully saturated rings. The average molecular weight is 783 g/mol. The van der Waals surface area contributed by atoms with Crippen LogP contribution in [0.1, 0.15) is 83.4 Å². The molecule has 2 saturated heterocycles. The lowest BCUT2D eigenvalue weighted by Crippen LogP contribution is -2.55. The normalized spacial score (nSPS) is 21.2. The number of aromatic amines is 2. The van der Waals surface area contributed by atoms with Crippen LogP contribution < -0.4 is 16.0 Å². The molecular formula is C42H54N8O7. The van der Waals surface area contributed by atoms with E-state index in [0.717, 1.165) is 65.7 Å². The largest absolute Gasteiger partial charge is 0.453 e. The van der Waals surface area contributed by atoms with Gasteiger partial charge in [-0.3, -0.25) is 9.59 Å². The highest BCUT2D eigenvalue weighted by molar-refractivity contribution is 5.87. The van der Waals surface area contributed by atoms with Crippen molar-refractivity contribution in [2.75, 3.05) is 34.0 Å². The van der Waals surface area contributed by atoms with Gasteiger partial charge in [0.2, 0.25) is 11.8 Å². The number of nitrogens with one attached hydrogen (secondary N) is 5. The first-order valence-electron chi connectivity index (χ1n) is 19.7. The number of aromatic nitrogens is 4. The Bertz CT molecular complexity index is 1990. The van der Waals surface area contributed by atoms with Crippen molar-refractivity contribution < 1.29 is 33.4 Å². The SMILES string of the molecule is COC(=O)N[C@H]1CCCCCOCC[C@@H](c2ncc(-c3ccc(-c4ccc(-c5cnc([C@]6(C)CCCN6C(=O)[C@@H](NC(=O)OC)C(C)C)[nH]5)cc4)cc3)[nH]2)NC1=O. The van der Waals surface area contributed by atoms with E-state index >= 15 is 0 Å². The molecule has 0 bridgehead atoms. The summed E-state index contributed by atoms with van der Waals surface area (Å²) in [6.45, 7) is 7.48. The Hall–Kier alpha value is -5.70. The third kappa shape index (κ3) is 9.65. The first kappa shape index (κ1) is 40.9. The molecule has 4 amide bonds. The molecule has 4 atom stereocenters. The maximum Gasteiger partial charge on any atom is 0.407 e. The first-order valence-corrected chi connectivity index (χ1v) is 19.7. The van der Waals surface area contributed by atoms with Crippen LogP contribution in [-0.2, 0) is 29.3 Å². The highest BCUT2D eigenvalue weighted by Gasteiger charge is 2.46.